The van der Waals surface area contributed by atoms with Crippen molar-refractivity contribution >= 4 is 5.91 Å². The summed E-state index contributed by atoms with van der Waals surface area (Å²) in [6.07, 6.45) is 3.06. The summed E-state index contributed by atoms with van der Waals surface area (Å²) in [7, 11) is 0. The first-order chi connectivity index (χ1) is 9.94. The molecule has 1 amide bonds. The second kappa shape index (κ2) is 7.02. The van der Waals surface area contributed by atoms with Gasteiger partial charge in [-0.15, -0.1) is 5.10 Å². The van der Waals surface area contributed by atoms with Gasteiger partial charge in [-0.2, -0.15) is 0 Å². The van der Waals surface area contributed by atoms with Crippen LogP contribution in [0, 0.1) is 11.8 Å². The summed E-state index contributed by atoms with van der Waals surface area (Å²) in [5, 5.41) is 11.4. The van der Waals surface area contributed by atoms with Crippen LogP contribution in [0.2, 0.25) is 0 Å². The Kier molecular flexibility index (Phi) is 5.33. The lowest BCUT2D eigenvalue weighted by Crippen LogP contribution is -2.44. The minimum atomic E-state index is 0.140. The second-order valence-electron chi connectivity index (χ2n) is 6.69. The van der Waals surface area contributed by atoms with E-state index < -0.39 is 0 Å². The molecule has 1 aliphatic rings. The molecule has 0 spiro atoms. The molecular formula is C15H27N5O. The smallest absolute Gasteiger partial charge is 0.244 e. The molecule has 2 rings (SSSR count). The molecule has 0 aromatic carbocycles. The number of carbonyl (C=O) groups is 1. The van der Waals surface area contributed by atoms with Gasteiger partial charge in [0.15, 0.2) is 0 Å². The highest BCUT2D eigenvalue weighted by Gasteiger charge is 2.25. The van der Waals surface area contributed by atoms with Crippen LogP contribution in [0.25, 0.3) is 0 Å². The summed E-state index contributed by atoms with van der Waals surface area (Å²) in [6, 6.07) is 0.410. The van der Waals surface area contributed by atoms with Crippen molar-refractivity contribution in [3.63, 3.8) is 0 Å². The number of aromatic nitrogens is 3. The van der Waals surface area contributed by atoms with Crippen LogP contribution < -0.4 is 5.32 Å². The number of hydrogen-bond donors (Lipinski definition) is 1. The molecule has 118 valence electrons. The summed E-state index contributed by atoms with van der Waals surface area (Å²) < 4.78 is 1.64. The molecule has 2 atom stereocenters. The third-order valence-corrected chi connectivity index (χ3v) is 3.80. The zero-order valence-electron chi connectivity index (χ0n) is 13.5. The molecular weight excluding hydrogens is 266 g/mol. The number of hydrogen-bond acceptors (Lipinski definition) is 4. The summed E-state index contributed by atoms with van der Waals surface area (Å²) in [5.74, 6) is 1.31. The molecule has 1 aromatic rings. The van der Waals surface area contributed by atoms with E-state index in [9.17, 15) is 4.79 Å². The van der Waals surface area contributed by atoms with Gasteiger partial charge in [-0.3, -0.25) is 4.79 Å². The monoisotopic (exact) mass is 293 g/mol. The second-order valence-corrected chi connectivity index (χ2v) is 6.69. The number of piperidine rings is 1. The lowest BCUT2D eigenvalue weighted by atomic mass is 9.92. The van der Waals surface area contributed by atoms with Gasteiger partial charge in [-0.1, -0.05) is 32.9 Å². The van der Waals surface area contributed by atoms with Crippen LogP contribution >= 0.6 is 0 Å². The van der Waals surface area contributed by atoms with Crippen molar-refractivity contribution < 1.29 is 4.79 Å². The largest absolute Gasteiger partial charge is 0.341 e. The Balaban J connectivity index is 1.87. The molecule has 6 nitrogen and oxygen atoms in total. The van der Waals surface area contributed by atoms with Crippen LogP contribution in [0.15, 0.2) is 6.20 Å². The minimum absolute atomic E-state index is 0.140. The molecule has 2 heterocycles. The van der Waals surface area contributed by atoms with Crippen molar-refractivity contribution in [2.45, 2.75) is 53.2 Å². The number of nitrogens with zero attached hydrogens (tertiary/aromatic N) is 4. The lowest BCUT2D eigenvalue weighted by Gasteiger charge is -2.34. The Morgan fingerprint density at radius 3 is 2.67 bits per heavy atom. The maximum Gasteiger partial charge on any atom is 0.244 e. The van der Waals surface area contributed by atoms with E-state index in [-0.39, 0.29) is 12.5 Å². The van der Waals surface area contributed by atoms with E-state index in [0.29, 0.717) is 24.4 Å². The quantitative estimate of drug-likeness (QED) is 0.888. The molecule has 1 N–H and O–H groups in total. The van der Waals surface area contributed by atoms with Crippen molar-refractivity contribution in [3.05, 3.63) is 11.9 Å². The van der Waals surface area contributed by atoms with Crippen LogP contribution in [-0.2, 0) is 17.9 Å². The van der Waals surface area contributed by atoms with Crippen molar-refractivity contribution in [3.8, 4) is 0 Å². The van der Waals surface area contributed by atoms with Crippen molar-refractivity contribution in [2.24, 2.45) is 11.8 Å². The first kappa shape index (κ1) is 15.9. The fourth-order valence-electron chi connectivity index (χ4n) is 2.91. The van der Waals surface area contributed by atoms with Crippen LogP contribution in [0.5, 0.6) is 0 Å². The van der Waals surface area contributed by atoms with E-state index in [1.165, 1.54) is 6.42 Å². The number of nitrogens with one attached hydrogen (secondary N) is 1. The normalized spacial score (nSPS) is 22.8. The molecule has 1 aliphatic heterocycles. The first-order valence-electron chi connectivity index (χ1n) is 7.84. The fraction of sp³-hybridized carbons (Fsp3) is 0.800. The first-order valence-corrected chi connectivity index (χ1v) is 7.84. The van der Waals surface area contributed by atoms with Gasteiger partial charge < -0.3 is 10.2 Å². The summed E-state index contributed by atoms with van der Waals surface area (Å²) >= 11 is 0. The van der Waals surface area contributed by atoms with Gasteiger partial charge >= 0.3 is 0 Å². The number of rotatable bonds is 5. The lowest BCUT2D eigenvalue weighted by molar-refractivity contribution is -0.134. The van der Waals surface area contributed by atoms with Crippen molar-refractivity contribution in [1.29, 1.82) is 0 Å². The molecule has 1 saturated heterocycles. The molecule has 0 aliphatic carbocycles. The van der Waals surface area contributed by atoms with E-state index >= 15 is 0 Å². The summed E-state index contributed by atoms with van der Waals surface area (Å²) in [4.78, 5) is 14.3. The topological polar surface area (TPSA) is 63.1 Å². The molecule has 6 heteroatoms. The Labute approximate surface area is 126 Å². The molecule has 0 bridgehead atoms. The van der Waals surface area contributed by atoms with Gasteiger partial charge in [0.25, 0.3) is 0 Å². The maximum absolute atomic E-state index is 12.4. The van der Waals surface area contributed by atoms with Gasteiger partial charge in [0, 0.05) is 25.7 Å². The number of likely N-dealkylation sites (tertiary alicyclic amines) is 1. The van der Waals surface area contributed by atoms with Crippen LogP contribution in [0.4, 0.5) is 0 Å². The van der Waals surface area contributed by atoms with Gasteiger partial charge in [0.1, 0.15) is 6.54 Å². The maximum atomic E-state index is 12.4. The highest BCUT2D eigenvalue weighted by atomic mass is 16.2. The summed E-state index contributed by atoms with van der Waals surface area (Å²) in [6.45, 7) is 11.3. The number of amides is 1. The summed E-state index contributed by atoms with van der Waals surface area (Å²) in [5.41, 5.74) is 0.872. The molecule has 1 aromatic heterocycles. The van der Waals surface area contributed by atoms with E-state index in [0.717, 1.165) is 18.8 Å². The van der Waals surface area contributed by atoms with Gasteiger partial charge in [0.05, 0.1) is 11.9 Å². The molecule has 0 radical (unpaired) electrons. The third kappa shape index (κ3) is 4.81. The van der Waals surface area contributed by atoms with E-state index in [1.807, 2.05) is 11.1 Å². The predicted molar refractivity (Wildman–Crippen MR) is 81.5 cm³/mol. The van der Waals surface area contributed by atoms with Gasteiger partial charge in [0.2, 0.25) is 5.91 Å². The van der Waals surface area contributed by atoms with Gasteiger partial charge in [-0.05, 0) is 18.3 Å². The Bertz CT molecular complexity index is 460. The van der Waals surface area contributed by atoms with Gasteiger partial charge in [-0.25, -0.2) is 4.68 Å². The van der Waals surface area contributed by atoms with Crippen molar-refractivity contribution in [1.82, 2.24) is 25.2 Å². The Morgan fingerprint density at radius 1 is 1.38 bits per heavy atom. The standard InChI is InChI=1S/C15H27N5O/c1-11(2)16-6-14-9-20(18-17-14)10-15(21)19-7-12(3)5-13(4)8-19/h9,11-13,16H,5-8,10H2,1-4H3. The van der Waals surface area contributed by atoms with E-state index in [2.05, 4.69) is 43.3 Å². The zero-order valence-corrected chi connectivity index (χ0v) is 13.5. The SMILES string of the molecule is CC1CC(C)CN(C(=O)Cn2cc(CNC(C)C)nn2)C1. The molecule has 2 unspecified atom stereocenters. The highest BCUT2D eigenvalue weighted by Crippen LogP contribution is 2.21. The van der Waals surface area contributed by atoms with Crippen molar-refractivity contribution in [2.75, 3.05) is 13.1 Å². The Morgan fingerprint density at radius 2 is 2.05 bits per heavy atom. The minimum Gasteiger partial charge on any atom is -0.341 e. The van der Waals surface area contributed by atoms with E-state index in [1.54, 1.807) is 4.68 Å². The van der Waals surface area contributed by atoms with E-state index in [4.69, 9.17) is 0 Å². The highest BCUT2D eigenvalue weighted by molar-refractivity contribution is 5.76. The van der Waals surface area contributed by atoms with Crippen LogP contribution in [0.3, 0.4) is 0 Å². The number of carbonyl (C=O) groups excluding carboxylic acids is 1. The van der Waals surface area contributed by atoms with Crippen LogP contribution in [0.1, 0.15) is 39.8 Å². The van der Waals surface area contributed by atoms with Crippen LogP contribution in [-0.4, -0.2) is 44.9 Å². The molecule has 21 heavy (non-hydrogen) atoms. The zero-order chi connectivity index (χ0) is 15.4. The average Bonchev–Trinajstić information content (AvgIpc) is 2.83. The predicted octanol–water partition coefficient (Wildman–Crippen LogP) is 1.28. The Hall–Kier alpha value is -1.43. The average molecular weight is 293 g/mol. The molecule has 0 saturated carbocycles. The fourth-order valence-corrected chi connectivity index (χ4v) is 2.91. The third-order valence-electron chi connectivity index (χ3n) is 3.80. The molecule has 1 fully saturated rings.